The molecule has 3 heterocycles. The number of pyridine rings is 2. The molecule has 0 fully saturated rings. The summed E-state index contributed by atoms with van der Waals surface area (Å²) < 4.78 is 2.77. The predicted molar refractivity (Wildman–Crippen MR) is 100 cm³/mol. The van der Waals surface area contributed by atoms with Crippen molar-refractivity contribution >= 4 is 55.0 Å². The van der Waals surface area contributed by atoms with Gasteiger partial charge >= 0.3 is 0 Å². The molecule has 5 nitrogen and oxygen atoms in total. The molecule has 0 unspecified atom stereocenters. The minimum atomic E-state index is 0.458. The van der Waals surface area contributed by atoms with Crippen LogP contribution in [0.4, 0.5) is 5.82 Å². The van der Waals surface area contributed by atoms with Crippen LogP contribution in [0.2, 0.25) is 5.15 Å². The smallest absolute Gasteiger partial charge is 0.139 e. The van der Waals surface area contributed by atoms with Crippen LogP contribution in [0.25, 0.3) is 21.7 Å². The summed E-state index contributed by atoms with van der Waals surface area (Å²) in [6.07, 6.45) is 3.59. The molecule has 0 atom stereocenters. The van der Waals surface area contributed by atoms with Crippen molar-refractivity contribution in [3.05, 3.63) is 58.0 Å². The molecule has 0 spiro atoms. The van der Waals surface area contributed by atoms with E-state index in [9.17, 15) is 0 Å². The number of hydrogen-bond donors (Lipinski definition) is 1. The molecule has 4 rings (SSSR count). The van der Waals surface area contributed by atoms with Crippen molar-refractivity contribution in [2.75, 3.05) is 5.32 Å². The van der Waals surface area contributed by atoms with Crippen LogP contribution in [-0.2, 0) is 13.6 Å². The third kappa shape index (κ3) is 2.72. The van der Waals surface area contributed by atoms with Gasteiger partial charge in [-0.25, -0.2) is 9.97 Å². The lowest BCUT2D eigenvalue weighted by Crippen LogP contribution is -2.04. The minimum Gasteiger partial charge on any atom is -0.364 e. The fraction of sp³-hybridized carbons (Fsp3) is 0.118. The molecular formula is C17H13BrClN5. The number of anilines is 1. The van der Waals surface area contributed by atoms with E-state index in [4.69, 9.17) is 16.6 Å². The van der Waals surface area contributed by atoms with E-state index in [1.54, 1.807) is 10.9 Å². The van der Waals surface area contributed by atoms with Gasteiger partial charge in [-0.3, -0.25) is 4.68 Å². The summed E-state index contributed by atoms with van der Waals surface area (Å²) in [5.74, 6) is 0.804. The molecule has 120 valence electrons. The molecule has 0 radical (unpaired) electrons. The lowest BCUT2D eigenvalue weighted by molar-refractivity contribution is 0.747. The van der Waals surface area contributed by atoms with E-state index in [2.05, 4.69) is 31.3 Å². The topological polar surface area (TPSA) is 55.6 Å². The van der Waals surface area contributed by atoms with E-state index in [1.165, 1.54) is 0 Å². The highest BCUT2D eigenvalue weighted by atomic mass is 79.9. The average Bonchev–Trinajstić information content (AvgIpc) is 2.98. The van der Waals surface area contributed by atoms with Gasteiger partial charge in [0.15, 0.2) is 0 Å². The number of nitrogens with one attached hydrogen (secondary N) is 1. The Labute approximate surface area is 151 Å². The molecular weight excluding hydrogens is 390 g/mol. The van der Waals surface area contributed by atoms with Gasteiger partial charge in [0.05, 0.1) is 17.8 Å². The van der Waals surface area contributed by atoms with E-state index in [-0.39, 0.29) is 0 Å². The van der Waals surface area contributed by atoms with Gasteiger partial charge in [0.1, 0.15) is 11.0 Å². The number of benzene rings is 1. The highest BCUT2D eigenvalue weighted by Crippen LogP contribution is 2.34. The summed E-state index contributed by atoms with van der Waals surface area (Å²) in [7, 11) is 1.90. The van der Waals surface area contributed by atoms with Crippen LogP contribution in [0, 0.1) is 0 Å². The summed E-state index contributed by atoms with van der Waals surface area (Å²) in [6, 6.07) is 9.90. The molecule has 0 saturated carbocycles. The molecule has 1 N–H and O–H groups in total. The Morgan fingerprint density at radius 2 is 2.08 bits per heavy atom. The van der Waals surface area contributed by atoms with Gasteiger partial charge in [-0.2, -0.15) is 5.10 Å². The Bertz CT molecular complexity index is 1060. The van der Waals surface area contributed by atoms with E-state index in [0.717, 1.165) is 37.7 Å². The van der Waals surface area contributed by atoms with E-state index in [0.29, 0.717) is 11.7 Å². The maximum absolute atomic E-state index is 6.32. The second-order valence-corrected chi connectivity index (χ2v) is 6.75. The summed E-state index contributed by atoms with van der Waals surface area (Å²) >= 11 is 9.85. The first-order chi connectivity index (χ1) is 11.6. The van der Waals surface area contributed by atoms with Crippen molar-refractivity contribution in [3.8, 4) is 0 Å². The van der Waals surface area contributed by atoms with Crippen molar-refractivity contribution in [1.82, 2.24) is 19.7 Å². The first-order valence-corrected chi connectivity index (χ1v) is 8.55. The second kappa shape index (κ2) is 6.03. The predicted octanol–water partition coefficient (Wildman–Crippen LogP) is 4.54. The standard InChI is InChI=1S/C17H13BrClN5/c1-24-7-5-11(23-24)9-21-17-12-3-2-10(18)8-13(12)15-14(22-17)4-6-20-16(15)19/h2-8H,9H2,1H3,(H,21,22). The molecule has 24 heavy (non-hydrogen) atoms. The average molecular weight is 403 g/mol. The highest BCUT2D eigenvalue weighted by Gasteiger charge is 2.12. The zero-order valence-electron chi connectivity index (χ0n) is 12.8. The monoisotopic (exact) mass is 401 g/mol. The Kier molecular flexibility index (Phi) is 3.86. The first kappa shape index (κ1) is 15.4. The third-order valence-corrected chi connectivity index (χ3v) is 4.61. The van der Waals surface area contributed by atoms with Crippen LogP contribution in [-0.4, -0.2) is 19.7 Å². The Morgan fingerprint density at radius 1 is 1.21 bits per heavy atom. The molecule has 7 heteroatoms. The maximum atomic E-state index is 6.32. The van der Waals surface area contributed by atoms with Gasteiger partial charge in [0.2, 0.25) is 0 Å². The van der Waals surface area contributed by atoms with Crippen LogP contribution in [0.1, 0.15) is 5.69 Å². The number of aromatic nitrogens is 4. The zero-order chi connectivity index (χ0) is 16.7. The summed E-state index contributed by atoms with van der Waals surface area (Å²) in [4.78, 5) is 8.92. The van der Waals surface area contributed by atoms with Gasteiger partial charge < -0.3 is 5.32 Å². The van der Waals surface area contributed by atoms with Crippen LogP contribution in [0.5, 0.6) is 0 Å². The van der Waals surface area contributed by atoms with Crippen LogP contribution < -0.4 is 5.32 Å². The largest absolute Gasteiger partial charge is 0.364 e. The van der Waals surface area contributed by atoms with Gasteiger partial charge in [-0.05, 0) is 35.7 Å². The Morgan fingerprint density at radius 3 is 2.88 bits per heavy atom. The van der Waals surface area contributed by atoms with Crippen molar-refractivity contribution in [3.63, 3.8) is 0 Å². The van der Waals surface area contributed by atoms with Crippen LogP contribution in [0.3, 0.4) is 0 Å². The van der Waals surface area contributed by atoms with Crippen molar-refractivity contribution in [1.29, 1.82) is 0 Å². The minimum absolute atomic E-state index is 0.458. The summed E-state index contributed by atoms with van der Waals surface area (Å²) in [6.45, 7) is 0.601. The van der Waals surface area contributed by atoms with Gasteiger partial charge in [0.25, 0.3) is 0 Å². The fourth-order valence-corrected chi connectivity index (χ4v) is 3.36. The van der Waals surface area contributed by atoms with Crippen LogP contribution >= 0.6 is 27.5 Å². The molecule has 0 aliphatic heterocycles. The van der Waals surface area contributed by atoms with Gasteiger partial charge in [-0.1, -0.05) is 27.5 Å². The SMILES string of the molecule is Cn1ccc(CNc2nc3ccnc(Cl)c3c3cc(Br)ccc23)n1. The lowest BCUT2D eigenvalue weighted by Gasteiger charge is -2.12. The van der Waals surface area contributed by atoms with Gasteiger partial charge in [0, 0.05) is 34.7 Å². The maximum Gasteiger partial charge on any atom is 0.139 e. The van der Waals surface area contributed by atoms with Crippen molar-refractivity contribution < 1.29 is 0 Å². The number of aryl methyl sites for hydroxylation is 1. The Hall–Kier alpha value is -2.18. The number of halogens is 2. The zero-order valence-corrected chi connectivity index (χ0v) is 15.1. The molecule has 1 aromatic carbocycles. The summed E-state index contributed by atoms with van der Waals surface area (Å²) in [5, 5.41) is 11.1. The molecule has 4 aromatic rings. The number of hydrogen-bond acceptors (Lipinski definition) is 4. The second-order valence-electron chi connectivity index (χ2n) is 5.48. The number of rotatable bonds is 3. The number of nitrogens with zero attached hydrogens (tertiary/aromatic N) is 4. The molecule has 0 bridgehead atoms. The molecule has 0 aliphatic carbocycles. The first-order valence-electron chi connectivity index (χ1n) is 7.38. The Balaban J connectivity index is 1.87. The van der Waals surface area contributed by atoms with Gasteiger partial charge in [-0.15, -0.1) is 0 Å². The van der Waals surface area contributed by atoms with E-state index >= 15 is 0 Å². The molecule has 0 amide bonds. The van der Waals surface area contributed by atoms with E-state index in [1.807, 2.05) is 43.6 Å². The van der Waals surface area contributed by atoms with E-state index < -0.39 is 0 Å². The van der Waals surface area contributed by atoms with Crippen molar-refractivity contribution in [2.45, 2.75) is 6.54 Å². The molecule has 3 aromatic heterocycles. The van der Waals surface area contributed by atoms with Crippen LogP contribution in [0.15, 0.2) is 47.2 Å². The molecule has 0 saturated heterocycles. The summed E-state index contributed by atoms with van der Waals surface area (Å²) in [5.41, 5.74) is 1.77. The quantitative estimate of drug-likeness (QED) is 0.404. The lowest BCUT2D eigenvalue weighted by atomic mass is 10.1. The third-order valence-electron chi connectivity index (χ3n) is 3.83. The fourth-order valence-electron chi connectivity index (χ4n) is 2.75. The normalized spacial score (nSPS) is 11.3. The number of fused-ring (bicyclic) bond motifs is 3. The van der Waals surface area contributed by atoms with Crippen molar-refractivity contribution in [2.24, 2.45) is 7.05 Å². The highest BCUT2D eigenvalue weighted by molar-refractivity contribution is 9.10. The molecule has 0 aliphatic rings.